The molecule has 1 aliphatic heterocycles. The zero-order valence-electron chi connectivity index (χ0n) is 11.9. The average Bonchev–Trinajstić information content (AvgIpc) is 2.43. The van der Waals surface area contributed by atoms with Gasteiger partial charge in [-0.1, -0.05) is 6.92 Å². The summed E-state index contributed by atoms with van der Waals surface area (Å²) >= 11 is 0. The maximum absolute atomic E-state index is 12.1. The number of hydrogen-bond donors (Lipinski definition) is 2. The van der Waals surface area contributed by atoms with Crippen LogP contribution >= 0.6 is 0 Å². The molecule has 1 aliphatic carbocycles. The van der Waals surface area contributed by atoms with E-state index in [0.29, 0.717) is 5.92 Å². The molecule has 0 aromatic heterocycles. The van der Waals surface area contributed by atoms with Crippen molar-refractivity contribution < 1.29 is 9.53 Å². The van der Waals surface area contributed by atoms with Crippen molar-refractivity contribution in [2.24, 2.45) is 17.6 Å². The molecule has 1 amide bonds. The van der Waals surface area contributed by atoms with Crippen molar-refractivity contribution in [1.29, 1.82) is 0 Å². The summed E-state index contributed by atoms with van der Waals surface area (Å²) in [4.78, 5) is 14.4. The molecule has 3 atom stereocenters. The number of ether oxygens (including phenoxy) is 1. The number of morpholine rings is 1. The molecule has 3 unspecified atom stereocenters. The van der Waals surface area contributed by atoms with Crippen LogP contribution in [0, 0.1) is 11.8 Å². The molecule has 19 heavy (non-hydrogen) atoms. The Morgan fingerprint density at radius 3 is 2.79 bits per heavy atom. The van der Waals surface area contributed by atoms with E-state index in [9.17, 15) is 4.79 Å². The van der Waals surface area contributed by atoms with Crippen LogP contribution in [0.15, 0.2) is 0 Å². The normalized spacial score (nSPS) is 33.1. The molecule has 2 fully saturated rings. The lowest BCUT2D eigenvalue weighted by Crippen LogP contribution is -2.44. The number of nitrogens with two attached hydrogens (primary N) is 1. The Labute approximate surface area is 115 Å². The van der Waals surface area contributed by atoms with E-state index >= 15 is 0 Å². The summed E-state index contributed by atoms with van der Waals surface area (Å²) in [6, 6.07) is 0.184. The van der Waals surface area contributed by atoms with Gasteiger partial charge in [-0.2, -0.15) is 0 Å². The van der Waals surface area contributed by atoms with Gasteiger partial charge < -0.3 is 15.8 Å². The third-order valence-electron chi connectivity index (χ3n) is 4.46. The lowest BCUT2D eigenvalue weighted by atomic mass is 9.79. The van der Waals surface area contributed by atoms with Crippen LogP contribution in [0.3, 0.4) is 0 Å². The van der Waals surface area contributed by atoms with Crippen LogP contribution in [0.5, 0.6) is 0 Å². The van der Waals surface area contributed by atoms with E-state index in [1.807, 2.05) is 0 Å². The minimum absolute atomic E-state index is 0.121. The van der Waals surface area contributed by atoms with Gasteiger partial charge in [-0.15, -0.1) is 0 Å². The fourth-order valence-corrected chi connectivity index (χ4v) is 2.90. The summed E-state index contributed by atoms with van der Waals surface area (Å²) in [6.45, 7) is 7.40. The van der Waals surface area contributed by atoms with Crippen LogP contribution in [-0.4, -0.2) is 56.2 Å². The van der Waals surface area contributed by atoms with Crippen molar-refractivity contribution >= 4 is 5.91 Å². The van der Waals surface area contributed by atoms with Crippen molar-refractivity contribution in [2.45, 2.75) is 32.2 Å². The Hall–Kier alpha value is -0.650. The van der Waals surface area contributed by atoms with Crippen LogP contribution in [0.25, 0.3) is 0 Å². The summed E-state index contributed by atoms with van der Waals surface area (Å²) in [7, 11) is 0. The summed E-state index contributed by atoms with van der Waals surface area (Å²) in [6.07, 6.45) is 2.89. The first-order valence-electron chi connectivity index (χ1n) is 7.50. The number of amides is 1. The fraction of sp³-hybridized carbons (Fsp3) is 0.929. The minimum atomic E-state index is 0.121. The van der Waals surface area contributed by atoms with Crippen LogP contribution in [0.2, 0.25) is 0 Å². The van der Waals surface area contributed by atoms with E-state index in [0.717, 1.165) is 58.7 Å². The van der Waals surface area contributed by atoms with E-state index in [4.69, 9.17) is 10.5 Å². The van der Waals surface area contributed by atoms with Gasteiger partial charge in [-0.05, 0) is 25.2 Å². The van der Waals surface area contributed by atoms with E-state index < -0.39 is 0 Å². The number of hydrogen-bond acceptors (Lipinski definition) is 4. The van der Waals surface area contributed by atoms with Crippen LogP contribution in [-0.2, 0) is 9.53 Å². The Balaban J connectivity index is 1.63. The van der Waals surface area contributed by atoms with Crippen molar-refractivity contribution in [2.75, 3.05) is 39.4 Å². The first kappa shape index (κ1) is 14.8. The third-order valence-corrected chi connectivity index (χ3v) is 4.46. The van der Waals surface area contributed by atoms with Gasteiger partial charge in [0.1, 0.15) is 0 Å². The lowest BCUT2D eigenvalue weighted by Gasteiger charge is -2.31. The van der Waals surface area contributed by atoms with Crippen LogP contribution in [0.4, 0.5) is 0 Å². The fourth-order valence-electron chi connectivity index (χ4n) is 2.90. The topological polar surface area (TPSA) is 67.6 Å². The van der Waals surface area contributed by atoms with Gasteiger partial charge in [0.05, 0.1) is 13.2 Å². The number of carbonyl (C=O) groups is 1. The summed E-state index contributed by atoms with van der Waals surface area (Å²) < 4.78 is 5.30. The summed E-state index contributed by atoms with van der Waals surface area (Å²) in [5.41, 5.74) is 6.05. The highest BCUT2D eigenvalue weighted by molar-refractivity contribution is 5.78. The molecular formula is C14H27N3O2. The Morgan fingerprint density at radius 1 is 1.37 bits per heavy atom. The summed E-state index contributed by atoms with van der Waals surface area (Å²) in [5, 5.41) is 3.06. The van der Waals surface area contributed by atoms with Gasteiger partial charge in [0, 0.05) is 38.1 Å². The molecule has 5 heteroatoms. The highest BCUT2D eigenvalue weighted by Gasteiger charge is 2.29. The van der Waals surface area contributed by atoms with Gasteiger partial charge >= 0.3 is 0 Å². The molecule has 0 aromatic rings. The molecule has 3 N–H and O–H groups in total. The SMILES string of the molecule is CC1CCC(C(=O)NCCN2CCOCC2)CC1N. The smallest absolute Gasteiger partial charge is 0.223 e. The number of carbonyl (C=O) groups excluding carboxylic acids is 1. The zero-order valence-corrected chi connectivity index (χ0v) is 11.9. The molecule has 1 saturated carbocycles. The first-order chi connectivity index (χ1) is 9.16. The van der Waals surface area contributed by atoms with E-state index in [1.165, 1.54) is 0 Å². The van der Waals surface area contributed by atoms with Crippen molar-refractivity contribution in [3.8, 4) is 0 Å². The second kappa shape index (κ2) is 7.22. The second-order valence-corrected chi connectivity index (χ2v) is 5.90. The molecule has 0 aromatic carbocycles. The number of rotatable bonds is 4. The van der Waals surface area contributed by atoms with E-state index in [2.05, 4.69) is 17.1 Å². The van der Waals surface area contributed by atoms with Gasteiger partial charge in [-0.25, -0.2) is 0 Å². The highest BCUT2D eigenvalue weighted by atomic mass is 16.5. The Kier molecular flexibility index (Phi) is 5.60. The Morgan fingerprint density at radius 2 is 2.11 bits per heavy atom. The van der Waals surface area contributed by atoms with Gasteiger partial charge in [0.15, 0.2) is 0 Å². The third kappa shape index (κ3) is 4.44. The van der Waals surface area contributed by atoms with Crippen molar-refractivity contribution in [3.05, 3.63) is 0 Å². The van der Waals surface area contributed by atoms with E-state index in [-0.39, 0.29) is 17.9 Å². The molecule has 0 spiro atoms. The maximum atomic E-state index is 12.1. The van der Waals surface area contributed by atoms with Crippen molar-refractivity contribution in [3.63, 3.8) is 0 Å². The predicted octanol–water partition coefficient (Wildman–Crippen LogP) is 0.198. The van der Waals surface area contributed by atoms with Gasteiger partial charge in [0.2, 0.25) is 5.91 Å². The number of nitrogens with one attached hydrogen (secondary N) is 1. The first-order valence-corrected chi connectivity index (χ1v) is 7.50. The summed E-state index contributed by atoms with van der Waals surface area (Å²) in [5.74, 6) is 0.865. The monoisotopic (exact) mass is 269 g/mol. The minimum Gasteiger partial charge on any atom is -0.379 e. The average molecular weight is 269 g/mol. The van der Waals surface area contributed by atoms with Crippen molar-refractivity contribution in [1.82, 2.24) is 10.2 Å². The Bertz CT molecular complexity index is 292. The lowest BCUT2D eigenvalue weighted by molar-refractivity contribution is -0.126. The standard InChI is InChI=1S/C14H27N3O2/c1-11-2-3-12(10-13(11)15)14(18)16-4-5-17-6-8-19-9-7-17/h11-13H,2-10,15H2,1H3,(H,16,18). The van der Waals surface area contributed by atoms with Crippen LogP contribution in [0.1, 0.15) is 26.2 Å². The zero-order chi connectivity index (χ0) is 13.7. The molecule has 5 nitrogen and oxygen atoms in total. The van der Waals surface area contributed by atoms with Gasteiger partial charge in [0.25, 0.3) is 0 Å². The molecule has 0 bridgehead atoms. The number of nitrogens with zero attached hydrogens (tertiary/aromatic N) is 1. The molecule has 2 rings (SSSR count). The van der Waals surface area contributed by atoms with Crippen LogP contribution < -0.4 is 11.1 Å². The second-order valence-electron chi connectivity index (χ2n) is 5.90. The quantitative estimate of drug-likeness (QED) is 0.765. The largest absolute Gasteiger partial charge is 0.379 e. The van der Waals surface area contributed by atoms with Gasteiger partial charge in [-0.3, -0.25) is 9.69 Å². The highest BCUT2D eigenvalue weighted by Crippen LogP contribution is 2.27. The molecule has 110 valence electrons. The molecule has 1 heterocycles. The predicted molar refractivity (Wildman–Crippen MR) is 74.7 cm³/mol. The van der Waals surface area contributed by atoms with E-state index in [1.54, 1.807) is 0 Å². The molecule has 1 saturated heterocycles. The maximum Gasteiger partial charge on any atom is 0.223 e. The molecule has 2 aliphatic rings. The molecule has 0 radical (unpaired) electrons. The molecular weight excluding hydrogens is 242 g/mol.